The maximum absolute atomic E-state index is 12.3. The second-order valence-corrected chi connectivity index (χ2v) is 3.86. The zero-order valence-electron chi connectivity index (χ0n) is 9.51. The number of halogens is 3. The first-order chi connectivity index (χ1) is 7.79. The van der Waals surface area contributed by atoms with Crippen molar-refractivity contribution in [3.8, 4) is 0 Å². The molecule has 0 saturated carbocycles. The molecule has 0 aromatic heterocycles. The number of carbonyl (C=O) groups excluding carboxylic acids is 1. The molecule has 1 rings (SSSR count). The molecule has 0 radical (unpaired) electrons. The van der Waals surface area contributed by atoms with Gasteiger partial charge in [-0.2, -0.15) is 13.2 Å². The predicted molar refractivity (Wildman–Crippen MR) is 58.6 cm³/mol. The summed E-state index contributed by atoms with van der Waals surface area (Å²) in [5, 5.41) is 2.50. The number of carbonyl (C=O) groups is 1. The SMILES string of the molecule is CN(C)CC(=O)Nc1ccc(C(F)(F)F)cc1. The molecule has 6 heteroatoms. The van der Waals surface area contributed by atoms with Crippen LogP contribution in [0.4, 0.5) is 18.9 Å². The molecule has 0 atom stereocenters. The molecule has 1 amide bonds. The van der Waals surface area contributed by atoms with Gasteiger partial charge in [0.1, 0.15) is 0 Å². The lowest BCUT2D eigenvalue weighted by Gasteiger charge is -2.11. The smallest absolute Gasteiger partial charge is 0.325 e. The number of hydrogen-bond acceptors (Lipinski definition) is 2. The quantitative estimate of drug-likeness (QED) is 0.886. The predicted octanol–water partition coefficient (Wildman–Crippen LogP) is 2.21. The van der Waals surface area contributed by atoms with E-state index in [-0.39, 0.29) is 12.5 Å². The zero-order chi connectivity index (χ0) is 13.1. The number of anilines is 1. The number of likely N-dealkylation sites (N-methyl/N-ethyl adjacent to an activating group) is 1. The Hall–Kier alpha value is -1.56. The molecule has 3 nitrogen and oxygen atoms in total. The molecule has 0 aliphatic heterocycles. The van der Waals surface area contributed by atoms with Gasteiger partial charge in [-0.3, -0.25) is 4.79 Å². The van der Waals surface area contributed by atoms with Gasteiger partial charge in [-0.25, -0.2) is 0 Å². The Bertz CT molecular complexity index is 385. The van der Waals surface area contributed by atoms with E-state index in [0.29, 0.717) is 5.69 Å². The lowest BCUT2D eigenvalue weighted by atomic mass is 10.2. The van der Waals surface area contributed by atoms with Crippen molar-refractivity contribution in [2.75, 3.05) is 26.0 Å². The topological polar surface area (TPSA) is 32.3 Å². The second kappa shape index (κ2) is 5.18. The van der Waals surface area contributed by atoms with Crippen LogP contribution in [0.1, 0.15) is 5.56 Å². The van der Waals surface area contributed by atoms with Gasteiger partial charge in [-0.05, 0) is 38.4 Å². The van der Waals surface area contributed by atoms with E-state index in [2.05, 4.69) is 5.32 Å². The molecule has 94 valence electrons. The largest absolute Gasteiger partial charge is 0.416 e. The van der Waals surface area contributed by atoms with Crippen LogP contribution in [-0.4, -0.2) is 31.4 Å². The molecule has 1 N–H and O–H groups in total. The Morgan fingerprint density at radius 2 is 1.76 bits per heavy atom. The van der Waals surface area contributed by atoms with E-state index in [4.69, 9.17) is 0 Å². The van der Waals surface area contributed by atoms with Gasteiger partial charge in [0.05, 0.1) is 12.1 Å². The number of benzene rings is 1. The summed E-state index contributed by atoms with van der Waals surface area (Å²) in [5.41, 5.74) is -0.382. The Kier molecular flexibility index (Phi) is 4.11. The molecule has 0 saturated heterocycles. The fourth-order valence-electron chi connectivity index (χ4n) is 1.23. The summed E-state index contributed by atoms with van der Waals surface area (Å²) in [6.45, 7) is 0.182. The first kappa shape index (κ1) is 13.5. The van der Waals surface area contributed by atoms with Crippen LogP contribution in [0.25, 0.3) is 0 Å². The van der Waals surface area contributed by atoms with Crippen LogP contribution in [0.5, 0.6) is 0 Å². The lowest BCUT2D eigenvalue weighted by molar-refractivity contribution is -0.137. The molecule has 0 bridgehead atoms. The molecule has 0 aliphatic rings. The highest BCUT2D eigenvalue weighted by atomic mass is 19.4. The van der Waals surface area contributed by atoms with E-state index in [1.165, 1.54) is 12.1 Å². The van der Waals surface area contributed by atoms with Gasteiger partial charge in [0.15, 0.2) is 0 Å². The summed E-state index contributed by atoms with van der Waals surface area (Å²) >= 11 is 0. The van der Waals surface area contributed by atoms with E-state index in [0.717, 1.165) is 12.1 Å². The summed E-state index contributed by atoms with van der Waals surface area (Å²) in [6.07, 6.45) is -4.35. The number of hydrogen-bond donors (Lipinski definition) is 1. The molecule has 0 heterocycles. The van der Waals surface area contributed by atoms with Crippen molar-refractivity contribution < 1.29 is 18.0 Å². The van der Waals surface area contributed by atoms with Crippen LogP contribution >= 0.6 is 0 Å². The molecule has 0 spiro atoms. The Morgan fingerprint density at radius 1 is 1.24 bits per heavy atom. The van der Waals surface area contributed by atoms with E-state index < -0.39 is 11.7 Å². The molecule has 0 aliphatic carbocycles. The lowest BCUT2D eigenvalue weighted by Crippen LogP contribution is -2.27. The van der Waals surface area contributed by atoms with Crippen molar-refractivity contribution in [3.63, 3.8) is 0 Å². The average molecular weight is 246 g/mol. The van der Waals surface area contributed by atoms with Crippen molar-refractivity contribution >= 4 is 11.6 Å². The van der Waals surface area contributed by atoms with Crippen LogP contribution in [-0.2, 0) is 11.0 Å². The highest BCUT2D eigenvalue weighted by Crippen LogP contribution is 2.29. The molecular formula is C11H13F3N2O. The summed E-state index contributed by atoms with van der Waals surface area (Å²) in [5.74, 6) is -0.269. The van der Waals surface area contributed by atoms with E-state index in [1.807, 2.05) is 0 Å². The zero-order valence-corrected chi connectivity index (χ0v) is 9.51. The number of rotatable bonds is 3. The van der Waals surface area contributed by atoms with Crippen molar-refractivity contribution in [3.05, 3.63) is 29.8 Å². The van der Waals surface area contributed by atoms with E-state index in [1.54, 1.807) is 19.0 Å². The minimum absolute atomic E-state index is 0.182. The fraction of sp³-hybridized carbons (Fsp3) is 0.364. The van der Waals surface area contributed by atoms with Crippen LogP contribution in [0.3, 0.4) is 0 Å². The Balaban J connectivity index is 2.66. The van der Waals surface area contributed by atoms with Gasteiger partial charge in [0.25, 0.3) is 0 Å². The maximum Gasteiger partial charge on any atom is 0.416 e. The highest BCUT2D eigenvalue weighted by Gasteiger charge is 2.29. The Labute approximate surface area is 97.2 Å². The number of nitrogens with one attached hydrogen (secondary N) is 1. The van der Waals surface area contributed by atoms with Crippen molar-refractivity contribution in [2.24, 2.45) is 0 Å². The molecule has 0 fully saturated rings. The van der Waals surface area contributed by atoms with Gasteiger partial charge >= 0.3 is 6.18 Å². The van der Waals surface area contributed by atoms with Crippen molar-refractivity contribution in [1.29, 1.82) is 0 Å². The monoisotopic (exact) mass is 246 g/mol. The Morgan fingerprint density at radius 3 is 2.18 bits per heavy atom. The van der Waals surface area contributed by atoms with Crippen molar-refractivity contribution in [2.45, 2.75) is 6.18 Å². The third-order valence-corrected chi connectivity index (χ3v) is 1.96. The molecular weight excluding hydrogens is 233 g/mol. The first-order valence-electron chi connectivity index (χ1n) is 4.91. The molecule has 1 aromatic rings. The first-order valence-corrected chi connectivity index (χ1v) is 4.91. The molecule has 1 aromatic carbocycles. The summed E-state index contributed by atoms with van der Waals surface area (Å²) in [4.78, 5) is 13.0. The van der Waals surface area contributed by atoms with Crippen LogP contribution in [0.2, 0.25) is 0 Å². The highest BCUT2D eigenvalue weighted by molar-refractivity contribution is 5.92. The third-order valence-electron chi connectivity index (χ3n) is 1.96. The summed E-state index contributed by atoms with van der Waals surface area (Å²) in [7, 11) is 3.46. The van der Waals surface area contributed by atoms with Gasteiger partial charge < -0.3 is 10.2 Å². The van der Waals surface area contributed by atoms with Gasteiger partial charge in [-0.15, -0.1) is 0 Å². The van der Waals surface area contributed by atoms with Crippen LogP contribution in [0.15, 0.2) is 24.3 Å². The third kappa shape index (κ3) is 4.44. The minimum atomic E-state index is -4.35. The van der Waals surface area contributed by atoms with Gasteiger partial charge in [-0.1, -0.05) is 0 Å². The summed E-state index contributed by atoms with van der Waals surface area (Å²) < 4.78 is 36.8. The number of amides is 1. The normalized spacial score (nSPS) is 11.6. The fourth-order valence-corrected chi connectivity index (χ4v) is 1.23. The van der Waals surface area contributed by atoms with E-state index >= 15 is 0 Å². The standard InChI is InChI=1S/C11H13F3N2O/c1-16(2)7-10(17)15-9-5-3-8(4-6-9)11(12,13)14/h3-6H,7H2,1-2H3,(H,15,17). The average Bonchev–Trinajstić information content (AvgIpc) is 2.15. The number of alkyl halides is 3. The number of nitrogens with zero attached hydrogens (tertiary/aromatic N) is 1. The van der Waals surface area contributed by atoms with Crippen LogP contribution < -0.4 is 5.32 Å². The maximum atomic E-state index is 12.3. The van der Waals surface area contributed by atoms with Crippen molar-refractivity contribution in [1.82, 2.24) is 4.90 Å². The second-order valence-electron chi connectivity index (χ2n) is 3.86. The minimum Gasteiger partial charge on any atom is -0.325 e. The summed E-state index contributed by atoms with van der Waals surface area (Å²) in [6, 6.07) is 4.34. The molecule has 0 unspecified atom stereocenters. The van der Waals surface area contributed by atoms with Gasteiger partial charge in [0.2, 0.25) is 5.91 Å². The molecule has 17 heavy (non-hydrogen) atoms. The van der Waals surface area contributed by atoms with Crippen LogP contribution in [0, 0.1) is 0 Å². The van der Waals surface area contributed by atoms with Gasteiger partial charge in [0, 0.05) is 5.69 Å². The van der Waals surface area contributed by atoms with E-state index in [9.17, 15) is 18.0 Å².